The molecule has 10 nitrogen and oxygen atoms in total. The zero-order valence-corrected chi connectivity index (χ0v) is 19.7. The quantitative estimate of drug-likeness (QED) is 0.602. The summed E-state index contributed by atoms with van der Waals surface area (Å²) in [5, 5.41) is 8.71. The number of carbonyl (C=O) groups is 3. The van der Waals surface area contributed by atoms with Gasteiger partial charge in [-0.05, 0) is 37.3 Å². The summed E-state index contributed by atoms with van der Waals surface area (Å²) < 4.78 is 15.5. The first-order chi connectivity index (χ1) is 17.0. The molecule has 1 amide bonds. The maximum Gasteiger partial charge on any atom is 0.354 e. The molecular formula is C25H28N4O6. The normalized spacial score (nSPS) is 17.5. The minimum atomic E-state index is -0.804. The van der Waals surface area contributed by atoms with Crippen LogP contribution < -0.4 is 15.2 Å². The molecule has 35 heavy (non-hydrogen) atoms. The lowest BCUT2D eigenvalue weighted by Crippen LogP contribution is -2.39. The Morgan fingerprint density at radius 3 is 2.49 bits per heavy atom. The summed E-state index contributed by atoms with van der Waals surface area (Å²) >= 11 is 0. The maximum atomic E-state index is 13.4. The molecule has 2 aromatic rings. The number of morpholine rings is 1. The van der Waals surface area contributed by atoms with E-state index in [1.54, 1.807) is 31.2 Å². The van der Waals surface area contributed by atoms with Crippen molar-refractivity contribution in [3.05, 3.63) is 54.1 Å². The smallest absolute Gasteiger partial charge is 0.354 e. The average Bonchev–Trinajstić information content (AvgIpc) is 3.36. The first kappa shape index (κ1) is 24.2. The van der Waals surface area contributed by atoms with Crippen LogP contribution in [0.1, 0.15) is 23.7 Å². The highest BCUT2D eigenvalue weighted by atomic mass is 16.5. The number of carbonyl (C=O) groups excluding carboxylic acids is 3. The lowest BCUT2D eigenvalue weighted by atomic mass is 10.1. The van der Waals surface area contributed by atoms with Gasteiger partial charge in [-0.2, -0.15) is 5.10 Å². The molecule has 1 unspecified atom stereocenters. The van der Waals surface area contributed by atoms with E-state index in [0.29, 0.717) is 37.7 Å². The van der Waals surface area contributed by atoms with Gasteiger partial charge >= 0.3 is 11.9 Å². The Hall–Kier alpha value is -3.92. The van der Waals surface area contributed by atoms with Crippen molar-refractivity contribution < 1.29 is 28.6 Å². The van der Waals surface area contributed by atoms with E-state index in [0.717, 1.165) is 5.69 Å². The predicted octanol–water partition coefficient (Wildman–Crippen LogP) is 2.45. The number of methoxy groups -OCH3 is 1. The summed E-state index contributed by atoms with van der Waals surface area (Å²) in [6.45, 7) is 4.53. The molecular weight excluding hydrogens is 452 g/mol. The van der Waals surface area contributed by atoms with Gasteiger partial charge in [-0.25, -0.2) is 9.59 Å². The van der Waals surface area contributed by atoms with Crippen molar-refractivity contribution in [1.29, 1.82) is 0 Å². The van der Waals surface area contributed by atoms with Gasteiger partial charge in [0.25, 0.3) is 0 Å². The second-order valence-corrected chi connectivity index (χ2v) is 7.98. The van der Waals surface area contributed by atoms with Gasteiger partial charge < -0.3 is 24.4 Å². The summed E-state index contributed by atoms with van der Waals surface area (Å²) in [6.07, 6.45) is 0.0684. The van der Waals surface area contributed by atoms with Gasteiger partial charge in [-0.15, -0.1) is 0 Å². The van der Waals surface area contributed by atoms with E-state index in [9.17, 15) is 14.4 Å². The van der Waals surface area contributed by atoms with Crippen LogP contribution in [0.25, 0.3) is 0 Å². The summed E-state index contributed by atoms with van der Waals surface area (Å²) in [4.78, 5) is 40.4. The molecule has 0 saturated carbocycles. The molecule has 0 bridgehead atoms. The van der Waals surface area contributed by atoms with Gasteiger partial charge in [0.2, 0.25) is 5.91 Å². The Balaban J connectivity index is 1.59. The molecule has 1 atom stereocenters. The number of benzene rings is 2. The van der Waals surface area contributed by atoms with Crippen LogP contribution in [0.5, 0.6) is 0 Å². The largest absolute Gasteiger partial charge is 0.465 e. The van der Waals surface area contributed by atoms with Crippen molar-refractivity contribution >= 4 is 40.6 Å². The SMILES string of the molecule is CCOC(=O)C1=NN(c2ccccc2)C(C(=O)Nc2ccc(N3CCOCC3)cc2C(=O)OC)C1. The third-order valence-electron chi connectivity index (χ3n) is 5.79. The number of para-hydroxylation sites is 1. The summed E-state index contributed by atoms with van der Waals surface area (Å²) in [6, 6.07) is 13.5. The van der Waals surface area contributed by atoms with Crippen molar-refractivity contribution in [1.82, 2.24) is 0 Å². The number of nitrogens with zero attached hydrogens (tertiary/aromatic N) is 3. The minimum Gasteiger partial charge on any atom is -0.465 e. The van der Waals surface area contributed by atoms with Crippen molar-refractivity contribution in [3.63, 3.8) is 0 Å². The number of rotatable bonds is 7. The van der Waals surface area contributed by atoms with E-state index in [1.807, 2.05) is 24.3 Å². The number of amides is 1. The van der Waals surface area contributed by atoms with E-state index < -0.39 is 23.9 Å². The Bertz CT molecular complexity index is 1110. The number of ether oxygens (including phenoxy) is 3. The highest BCUT2D eigenvalue weighted by Gasteiger charge is 2.37. The van der Waals surface area contributed by atoms with Gasteiger partial charge in [0, 0.05) is 25.2 Å². The number of nitrogens with one attached hydrogen (secondary N) is 1. The van der Waals surface area contributed by atoms with Crippen LogP contribution in [-0.2, 0) is 23.8 Å². The minimum absolute atomic E-state index is 0.0684. The number of esters is 2. The highest BCUT2D eigenvalue weighted by molar-refractivity contribution is 6.38. The van der Waals surface area contributed by atoms with Crippen LogP contribution >= 0.6 is 0 Å². The Kier molecular flexibility index (Phi) is 7.61. The zero-order valence-electron chi connectivity index (χ0n) is 19.7. The molecule has 1 fully saturated rings. The van der Waals surface area contributed by atoms with Crippen LogP contribution in [-0.4, -0.2) is 69.6 Å². The van der Waals surface area contributed by atoms with Gasteiger partial charge in [0.05, 0.1) is 43.9 Å². The molecule has 2 heterocycles. The molecule has 0 aromatic heterocycles. The second-order valence-electron chi connectivity index (χ2n) is 7.98. The first-order valence-corrected chi connectivity index (χ1v) is 11.5. The van der Waals surface area contributed by atoms with Crippen LogP contribution in [0, 0.1) is 0 Å². The molecule has 1 N–H and O–H groups in total. The van der Waals surface area contributed by atoms with Gasteiger partial charge in [-0.1, -0.05) is 18.2 Å². The zero-order chi connectivity index (χ0) is 24.8. The highest BCUT2D eigenvalue weighted by Crippen LogP contribution is 2.28. The van der Waals surface area contributed by atoms with Gasteiger partial charge in [0.1, 0.15) is 11.8 Å². The third-order valence-corrected chi connectivity index (χ3v) is 5.79. The Labute approximate surface area is 203 Å². The van der Waals surface area contributed by atoms with Crippen molar-refractivity contribution in [2.45, 2.75) is 19.4 Å². The van der Waals surface area contributed by atoms with E-state index in [1.165, 1.54) is 12.1 Å². The molecule has 0 radical (unpaired) electrons. The number of hydrogen-bond donors (Lipinski definition) is 1. The van der Waals surface area contributed by atoms with Crippen LogP contribution in [0.4, 0.5) is 17.1 Å². The number of hydrogen-bond acceptors (Lipinski definition) is 9. The average molecular weight is 481 g/mol. The van der Waals surface area contributed by atoms with Crippen LogP contribution in [0.2, 0.25) is 0 Å². The summed E-state index contributed by atoms with van der Waals surface area (Å²) in [7, 11) is 1.29. The standard InChI is InChI=1S/C25H28N4O6/c1-3-35-25(32)21-16-22(29(27-21)17-7-5-4-6-8-17)23(30)26-20-10-9-18(15-19(20)24(31)33-2)28-11-13-34-14-12-28/h4-10,15,22H,3,11-14,16H2,1-2H3,(H,26,30). The lowest BCUT2D eigenvalue weighted by molar-refractivity contribution is -0.135. The van der Waals surface area contributed by atoms with E-state index in [4.69, 9.17) is 14.2 Å². The van der Waals surface area contributed by atoms with E-state index in [2.05, 4.69) is 15.3 Å². The topological polar surface area (TPSA) is 110 Å². The molecule has 0 aliphatic carbocycles. The molecule has 0 spiro atoms. The molecule has 2 aliphatic rings. The monoisotopic (exact) mass is 480 g/mol. The van der Waals surface area contributed by atoms with Crippen molar-refractivity contribution in [2.75, 3.05) is 55.2 Å². The molecule has 184 valence electrons. The third kappa shape index (κ3) is 5.43. The van der Waals surface area contributed by atoms with Crippen LogP contribution in [0.15, 0.2) is 53.6 Å². The number of hydrazone groups is 1. The molecule has 2 aliphatic heterocycles. The molecule has 10 heteroatoms. The van der Waals surface area contributed by atoms with Gasteiger partial charge in [-0.3, -0.25) is 9.80 Å². The van der Waals surface area contributed by atoms with Crippen LogP contribution in [0.3, 0.4) is 0 Å². The van der Waals surface area contributed by atoms with E-state index >= 15 is 0 Å². The van der Waals surface area contributed by atoms with E-state index in [-0.39, 0.29) is 24.3 Å². The van der Waals surface area contributed by atoms with Crippen molar-refractivity contribution in [2.24, 2.45) is 5.10 Å². The Morgan fingerprint density at radius 2 is 1.80 bits per heavy atom. The molecule has 1 saturated heterocycles. The predicted molar refractivity (Wildman–Crippen MR) is 131 cm³/mol. The number of anilines is 3. The fourth-order valence-corrected chi connectivity index (χ4v) is 4.03. The first-order valence-electron chi connectivity index (χ1n) is 11.5. The Morgan fingerprint density at radius 1 is 1.06 bits per heavy atom. The summed E-state index contributed by atoms with van der Waals surface area (Å²) in [5.41, 5.74) is 2.21. The second kappa shape index (κ2) is 11.0. The van der Waals surface area contributed by atoms with Crippen molar-refractivity contribution in [3.8, 4) is 0 Å². The van der Waals surface area contributed by atoms with Gasteiger partial charge in [0.15, 0.2) is 0 Å². The maximum absolute atomic E-state index is 13.4. The fourth-order valence-electron chi connectivity index (χ4n) is 4.03. The lowest BCUT2D eigenvalue weighted by Gasteiger charge is -2.29. The molecule has 4 rings (SSSR count). The molecule has 2 aromatic carbocycles. The fraction of sp³-hybridized carbons (Fsp3) is 0.360. The summed E-state index contributed by atoms with van der Waals surface area (Å²) in [5.74, 6) is -1.54.